The van der Waals surface area contributed by atoms with E-state index < -0.39 is 17.8 Å². The van der Waals surface area contributed by atoms with Gasteiger partial charge in [0.15, 0.2) is 0 Å². The Kier molecular flexibility index (Phi) is 4.02. The summed E-state index contributed by atoms with van der Waals surface area (Å²) in [5.41, 5.74) is -0.612. The minimum atomic E-state index is -4.41. The Morgan fingerprint density at radius 3 is 2.68 bits per heavy atom. The zero-order valence-electron chi connectivity index (χ0n) is 12.1. The molecular formula is C16H19F3N2O. The molecule has 22 heavy (non-hydrogen) atoms. The molecule has 0 unspecified atom stereocenters. The molecule has 0 aliphatic heterocycles. The molecule has 2 saturated carbocycles. The van der Waals surface area contributed by atoms with Gasteiger partial charge in [-0.2, -0.15) is 13.2 Å². The number of nitrogens with one attached hydrogen (secondary N) is 2. The smallest absolute Gasteiger partial charge is 0.338 e. The average molecular weight is 312 g/mol. The number of rotatable bonds is 3. The molecule has 2 aliphatic rings. The van der Waals surface area contributed by atoms with Gasteiger partial charge >= 0.3 is 12.2 Å². The predicted octanol–water partition coefficient (Wildman–Crippen LogP) is 4.26. The molecule has 0 radical (unpaired) electrons. The van der Waals surface area contributed by atoms with Crippen LogP contribution in [0.1, 0.15) is 31.2 Å². The van der Waals surface area contributed by atoms with Crippen molar-refractivity contribution in [2.75, 3.05) is 11.9 Å². The van der Waals surface area contributed by atoms with Gasteiger partial charge in [-0.15, -0.1) is 0 Å². The molecular weight excluding hydrogens is 293 g/mol. The molecule has 0 heterocycles. The van der Waals surface area contributed by atoms with Crippen molar-refractivity contribution in [3.63, 3.8) is 0 Å². The van der Waals surface area contributed by atoms with E-state index in [-0.39, 0.29) is 5.69 Å². The Morgan fingerprint density at radius 1 is 1.23 bits per heavy atom. The van der Waals surface area contributed by atoms with Gasteiger partial charge in [-0.3, -0.25) is 0 Å². The highest BCUT2D eigenvalue weighted by molar-refractivity contribution is 5.89. The van der Waals surface area contributed by atoms with Crippen LogP contribution in [0.4, 0.5) is 23.7 Å². The van der Waals surface area contributed by atoms with Crippen molar-refractivity contribution in [2.45, 2.75) is 31.9 Å². The molecule has 2 fully saturated rings. The number of anilines is 1. The number of carbonyl (C=O) groups excluding carboxylic acids is 1. The maximum absolute atomic E-state index is 12.6. The van der Waals surface area contributed by atoms with E-state index in [9.17, 15) is 18.0 Å². The van der Waals surface area contributed by atoms with Crippen molar-refractivity contribution in [2.24, 2.45) is 17.8 Å². The van der Waals surface area contributed by atoms with E-state index in [0.29, 0.717) is 18.4 Å². The molecule has 1 aromatic carbocycles. The Morgan fingerprint density at radius 2 is 2.05 bits per heavy atom. The molecule has 3 nitrogen and oxygen atoms in total. The Labute approximate surface area is 127 Å². The molecule has 0 saturated heterocycles. The quantitative estimate of drug-likeness (QED) is 0.860. The largest absolute Gasteiger partial charge is 0.416 e. The van der Waals surface area contributed by atoms with E-state index >= 15 is 0 Å². The van der Waals surface area contributed by atoms with Crippen LogP contribution in [0.5, 0.6) is 0 Å². The predicted molar refractivity (Wildman–Crippen MR) is 77.4 cm³/mol. The van der Waals surface area contributed by atoms with E-state index in [2.05, 4.69) is 10.6 Å². The lowest BCUT2D eigenvalue weighted by atomic mass is 9.89. The van der Waals surface area contributed by atoms with E-state index in [1.54, 1.807) is 0 Å². The molecule has 0 spiro atoms. The number of amides is 2. The fourth-order valence-corrected chi connectivity index (χ4v) is 3.80. The molecule has 3 rings (SSSR count). The van der Waals surface area contributed by atoms with E-state index in [0.717, 1.165) is 24.5 Å². The van der Waals surface area contributed by atoms with Crippen molar-refractivity contribution in [3.05, 3.63) is 29.8 Å². The van der Waals surface area contributed by atoms with Crippen LogP contribution in [0.3, 0.4) is 0 Å². The lowest BCUT2D eigenvalue weighted by Gasteiger charge is -2.21. The monoisotopic (exact) mass is 312 g/mol. The van der Waals surface area contributed by atoms with Crippen molar-refractivity contribution in [3.8, 4) is 0 Å². The van der Waals surface area contributed by atoms with Gasteiger partial charge in [-0.1, -0.05) is 12.5 Å². The van der Waals surface area contributed by atoms with Gasteiger partial charge in [0, 0.05) is 12.2 Å². The van der Waals surface area contributed by atoms with Crippen LogP contribution in [0.15, 0.2) is 24.3 Å². The number of urea groups is 1. The molecule has 0 aromatic heterocycles. The van der Waals surface area contributed by atoms with Crippen LogP contribution >= 0.6 is 0 Å². The second-order valence-corrected chi connectivity index (χ2v) is 6.35. The highest BCUT2D eigenvalue weighted by Crippen LogP contribution is 2.47. The number of hydrogen-bond acceptors (Lipinski definition) is 1. The van der Waals surface area contributed by atoms with Crippen LogP contribution in [-0.2, 0) is 6.18 Å². The maximum Gasteiger partial charge on any atom is 0.416 e. The van der Waals surface area contributed by atoms with Crippen molar-refractivity contribution in [1.82, 2.24) is 5.32 Å². The number of halogens is 3. The van der Waals surface area contributed by atoms with Gasteiger partial charge in [0.05, 0.1) is 5.56 Å². The zero-order valence-corrected chi connectivity index (χ0v) is 12.1. The first-order chi connectivity index (χ1) is 10.4. The zero-order chi connectivity index (χ0) is 15.7. The fraction of sp³-hybridized carbons (Fsp3) is 0.562. The summed E-state index contributed by atoms with van der Waals surface area (Å²) in [6, 6.07) is 4.22. The fourth-order valence-electron chi connectivity index (χ4n) is 3.80. The summed E-state index contributed by atoms with van der Waals surface area (Å²) < 4.78 is 37.8. The van der Waals surface area contributed by atoms with E-state index in [4.69, 9.17) is 0 Å². The summed E-state index contributed by atoms with van der Waals surface area (Å²) in [5.74, 6) is 2.04. The summed E-state index contributed by atoms with van der Waals surface area (Å²) in [7, 11) is 0. The number of carbonyl (C=O) groups is 1. The lowest BCUT2D eigenvalue weighted by molar-refractivity contribution is -0.137. The highest BCUT2D eigenvalue weighted by atomic mass is 19.4. The van der Waals surface area contributed by atoms with Gasteiger partial charge in [0.1, 0.15) is 0 Å². The van der Waals surface area contributed by atoms with Crippen molar-refractivity contribution in [1.29, 1.82) is 0 Å². The second kappa shape index (κ2) is 5.82. The third-order valence-electron chi connectivity index (χ3n) is 4.86. The molecule has 1 aromatic rings. The summed E-state index contributed by atoms with van der Waals surface area (Å²) in [5, 5.41) is 5.26. The van der Waals surface area contributed by atoms with Gasteiger partial charge in [0.25, 0.3) is 0 Å². The van der Waals surface area contributed by atoms with Crippen molar-refractivity contribution >= 4 is 11.7 Å². The highest BCUT2D eigenvalue weighted by Gasteiger charge is 2.39. The Balaban J connectivity index is 1.51. The first-order valence-electron chi connectivity index (χ1n) is 7.64. The van der Waals surface area contributed by atoms with E-state index in [1.807, 2.05) is 0 Å². The summed E-state index contributed by atoms with van der Waals surface area (Å²) >= 11 is 0. The second-order valence-electron chi connectivity index (χ2n) is 6.35. The molecule has 2 amide bonds. The number of hydrogen-bond donors (Lipinski definition) is 2. The van der Waals surface area contributed by atoms with Crippen LogP contribution in [0.2, 0.25) is 0 Å². The van der Waals surface area contributed by atoms with Gasteiger partial charge in [0.2, 0.25) is 0 Å². The Bertz CT molecular complexity index is 559. The number of fused-ring (bicyclic) bond motifs is 2. The van der Waals surface area contributed by atoms with Gasteiger partial charge in [-0.05, 0) is 55.2 Å². The van der Waals surface area contributed by atoms with E-state index in [1.165, 1.54) is 31.4 Å². The first kappa shape index (κ1) is 15.2. The Hall–Kier alpha value is -1.72. The summed E-state index contributed by atoms with van der Waals surface area (Å²) in [6.07, 6.45) is 0.567. The molecule has 120 valence electrons. The standard InChI is InChI=1S/C16H19F3N2O/c17-16(18,19)13-2-1-3-14(8-13)21-15(22)20-9-12-7-10-4-5-11(12)6-10/h1-3,8,10-12H,4-7,9H2,(H2,20,21,22)/t10-,11+,12-/m0/s1. The molecule has 2 N–H and O–H groups in total. The molecule has 6 heteroatoms. The normalized spacial score (nSPS) is 27.0. The topological polar surface area (TPSA) is 41.1 Å². The third kappa shape index (κ3) is 3.36. The third-order valence-corrected chi connectivity index (χ3v) is 4.86. The number of benzene rings is 1. The summed E-state index contributed by atoms with van der Waals surface area (Å²) in [6.45, 7) is 0.603. The average Bonchev–Trinajstić information content (AvgIpc) is 3.07. The van der Waals surface area contributed by atoms with Gasteiger partial charge in [-0.25, -0.2) is 4.79 Å². The van der Waals surface area contributed by atoms with Crippen LogP contribution < -0.4 is 10.6 Å². The minimum absolute atomic E-state index is 0.153. The molecule has 2 aliphatic carbocycles. The molecule has 2 bridgehead atoms. The first-order valence-corrected chi connectivity index (χ1v) is 7.64. The lowest BCUT2D eigenvalue weighted by Crippen LogP contribution is -2.34. The van der Waals surface area contributed by atoms with Crippen LogP contribution in [0.25, 0.3) is 0 Å². The van der Waals surface area contributed by atoms with Crippen LogP contribution in [-0.4, -0.2) is 12.6 Å². The summed E-state index contributed by atoms with van der Waals surface area (Å²) in [4.78, 5) is 11.8. The maximum atomic E-state index is 12.6. The number of alkyl halides is 3. The van der Waals surface area contributed by atoms with Crippen molar-refractivity contribution < 1.29 is 18.0 Å². The molecule has 3 atom stereocenters. The SMILES string of the molecule is O=C(NC[C@@H]1C[C@H]2CC[C@@H]1C2)Nc1cccc(C(F)(F)F)c1. The minimum Gasteiger partial charge on any atom is -0.338 e. The van der Waals surface area contributed by atoms with Gasteiger partial charge < -0.3 is 10.6 Å². The van der Waals surface area contributed by atoms with Crippen LogP contribution in [0, 0.1) is 17.8 Å².